The van der Waals surface area contributed by atoms with Crippen LogP contribution in [-0.2, 0) is 0 Å². The zero-order valence-corrected chi connectivity index (χ0v) is 8.24. The number of nitrogens with zero attached hydrogens (tertiary/aromatic N) is 1. The predicted octanol–water partition coefficient (Wildman–Crippen LogP) is 1.07. The van der Waals surface area contributed by atoms with Crippen LogP contribution in [-0.4, -0.2) is 21.0 Å². The standard InChI is InChI=1S/C10H7FN2O3/c1-4-2-6-7(3-5(4)11)12-8(10(15)16)9(14)13-6/h2-3H,1H3,(H,13,14)(H,15,16). The van der Waals surface area contributed by atoms with Crippen LogP contribution in [0.2, 0.25) is 0 Å². The number of aryl methyl sites for hydroxylation is 1. The molecule has 1 aromatic heterocycles. The van der Waals surface area contributed by atoms with Crippen molar-refractivity contribution >= 4 is 17.0 Å². The molecule has 0 aliphatic carbocycles. The molecule has 5 nitrogen and oxygen atoms in total. The molecule has 0 bridgehead atoms. The molecular weight excluding hydrogens is 215 g/mol. The number of hydrogen-bond acceptors (Lipinski definition) is 3. The molecule has 1 aromatic carbocycles. The summed E-state index contributed by atoms with van der Waals surface area (Å²) in [5.74, 6) is -1.94. The molecular formula is C10H7FN2O3. The van der Waals surface area contributed by atoms with Gasteiger partial charge in [0.05, 0.1) is 11.0 Å². The van der Waals surface area contributed by atoms with Gasteiger partial charge in [-0.15, -0.1) is 0 Å². The van der Waals surface area contributed by atoms with E-state index < -0.39 is 23.0 Å². The second-order valence-corrected chi connectivity index (χ2v) is 3.34. The Morgan fingerprint density at radius 3 is 2.81 bits per heavy atom. The number of aromatic carboxylic acids is 1. The largest absolute Gasteiger partial charge is 0.476 e. The lowest BCUT2D eigenvalue weighted by Crippen LogP contribution is -2.19. The molecule has 0 saturated carbocycles. The number of rotatable bonds is 1. The molecule has 0 spiro atoms. The third kappa shape index (κ3) is 1.54. The molecule has 16 heavy (non-hydrogen) atoms. The molecule has 6 heteroatoms. The van der Waals surface area contributed by atoms with Crippen molar-refractivity contribution < 1.29 is 14.3 Å². The maximum absolute atomic E-state index is 13.2. The number of aromatic nitrogens is 2. The van der Waals surface area contributed by atoms with E-state index in [2.05, 4.69) is 9.97 Å². The van der Waals surface area contributed by atoms with Gasteiger partial charge in [-0.1, -0.05) is 0 Å². The molecule has 2 rings (SSSR count). The molecule has 2 N–H and O–H groups in total. The summed E-state index contributed by atoms with van der Waals surface area (Å²) in [6.45, 7) is 1.54. The monoisotopic (exact) mass is 222 g/mol. The van der Waals surface area contributed by atoms with E-state index in [1.54, 1.807) is 0 Å². The molecule has 2 aromatic rings. The summed E-state index contributed by atoms with van der Waals surface area (Å²) in [5, 5.41) is 8.67. The number of hydrogen-bond donors (Lipinski definition) is 2. The molecule has 1 heterocycles. The zero-order chi connectivity index (χ0) is 11.9. The Morgan fingerprint density at radius 1 is 1.50 bits per heavy atom. The highest BCUT2D eigenvalue weighted by Gasteiger charge is 2.12. The Kier molecular flexibility index (Phi) is 2.19. The second kappa shape index (κ2) is 3.41. The van der Waals surface area contributed by atoms with Crippen LogP contribution in [0.4, 0.5) is 4.39 Å². The molecule has 0 unspecified atom stereocenters. The van der Waals surface area contributed by atoms with Gasteiger partial charge in [0.1, 0.15) is 5.82 Å². The van der Waals surface area contributed by atoms with Crippen molar-refractivity contribution in [2.45, 2.75) is 6.92 Å². The van der Waals surface area contributed by atoms with Gasteiger partial charge in [0, 0.05) is 6.07 Å². The second-order valence-electron chi connectivity index (χ2n) is 3.34. The highest BCUT2D eigenvalue weighted by atomic mass is 19.1. The Hall–Kier alpha value is -2.24. The number of halogens is 1. The summed E-state index contributed by atoms with van der Waals surface area (Å²) in [4.78, 5) is 27.9. The number of carboxylic acid groups (broad SMARTS) is 1. The SMILES string of the molecule is Cc1cc2[nH]c(=O)c(C(=O)O)nc2cc1F. The van der Waals surface area contributed by atoms with E-state index in [0.717, 1.165) is 6.07 Å². The molecule has 0 aliphatic heterocycles. The molecule has 0 saturated heterocycles. The fourth-order valence-electron chi connectivity index (χ4n) is 1.36. The van der Waals surface area contributed by atoms with E-state index in [0.29, 0.717) is 11.1 Å². The first-order valence-electron chi connectivity index (χ1n) is 4.42. The summed E-state index contributed by atoms with van der Waals surface area (Å²) in [5.41, 5.74) is -0.663. The summed E-state index contributed by atoms with van der Waals surface area (Å²) in [6, 6.07) is 2.50. The van der Waals surface area contributed by atoms with E-state index in [4.69, 9.17) is 5.11 Å². The van der Waals surface area contributed by atoms with Gasteiger partial charge in [0.25, 0.3) is 5.56 Å². The fourth-order valence-corrected chi connectivity index (χ4v) is 1.36. The number of nitrogens with one attached hydrogen (secondary N) is 1. The first-order valence-corrected chi connectivity index (χ1v) is 4.42. The van der Waals surface area contributed by atoms with Gasteiger partial charge in [-0.3, -0.25) is 4.79 Å². The van der Waals surface area contributed by atoms with Crippen LogP contribution in [0.1, 0.15) is 16.1 Å². The number of fused-ring (bicyclic) bond motifs is 1. The quantitative estimate of drug-likeness (QED) is 0.755. The lowest BCUT2D eigenvalue weighted by molar-refractivity contribution is 0.0689. The van der Waals surface area contributed by atoms with Gasteiger partial charge in [-0.25, -0.2) is 14.2 Å². The molecule has 0 fully saturated rings. The van der Waals surface area contributed by atoms with Crippen LogP contribution in [0, 0.1) is 12.7 Å². The Balaban J connectivity index is 2.85. The average molecular weight is 222 g/mol. The number of carboxylic acids is 1. The number of aromatic amines is 1. The number of carbonyl (C=O) groups is 1. The molecule has 0 amide bonds. The van der Waals surface area contributed by atoms with Gasteiger partial charge >= 0.3 is 5.97 Å². The van der Waals surface area contributed by atoms with Gasteiger partial charge in [-0.05, 0) is 18.6 Å². The van der Waals surface area contributed by atoms with Crippen molar-refractivity contribution in [2.75, 3.05) is 0 Å². The maximum Gasteiger partial charge on any atom is 0.360 e. The summed E-state index contributed by atoms with van der Waals surface area (Å²) in [6.07, 6.45) is 0. The first-order chi connectivity index (χ1) is 7.49. The average Bonchev–Trinajstić information content (AvgIpc) is 2.19. The maximum atomic E-state index is 13.2. The summed E-state index contributed by atoms with van der Waals surface area (Å²) in [7, 11) is 0. The molecule has 0 radical (unpaired) electrons. The lowest BCUT2D eigenvalue weighted by atomic mass is 10.2. The van der Waals surface area contributed by atoms with Crippen LogP contribution in [0.3, 0.4) is 0 Å². The topological polar surface area (TPSA) is 83.0 Å². The van der Waals surface area contributed by atoms with Gasteiger partial charge in [-0.2, -0.15) is 0 Å². The Bertz CT molecular complexity index is 648. The van der Waals surface area contributed by atoms with Gasteiger partial charge in [0.15, 0.2) is 0 Å². The van der Waals surface area contributed by atoms with Gasteiger partial charge in [0.2, 0.25) is 5.69 Å². The van der Waals surface area contributed by atoms with E-state index in [1.807, 2.05) is 0 Å². The highest BCUT2D eigenvalue weighted by molar-refractivity contribution is 5.87. The molecule has 0 aliphatic rings. The van der Waals surface area contributed by atoms with E-state index in [9.17, 15) is 14.0 Å². The van der Waals surface area contributed by atoms with Crippen molar-refractivity contribution in [1.29, 1.82) is 0 Å². The fraction of sp³-hybridized carbons (Fsp3) is 0.100. The predicted molar refractivity (Wildman–Crippen MR) is 54.0 cm³/mol. The normalized spacial score (nSPS) is 10.6. The minimum Gasteiger partial charge on any atom is -0.476 e. The van der Waals surface area contributed by atoms with Crippen LogP contribution in [0.15, 0.2) is 16.9 Å². The summed E-state index contributed by atoms with van der Waals surface area (Å²) < 4.78 is 13.2. The number of benzene rings is 1. The third-order valence-electron chi connectivity index (χ3n) is 2.18. The van der Waals surface area contributed by atoms with E-state index in [-0.39, 0.29) is 5.52 Å². The van der Waals surface area contributed by atoms with Crippen LogP contribution in [0.25, 0.3) is 11.0 Å². The van der Waals surface area contributed by atoms with Gasteiger partial charge < -0.3 is 10.1 Å². The molecule has 82 valence electrons. The first kappa shape index (κ1) is 10.3. The Morgan fingerprint density at radius 2 is 2.19 bits per heavy atom. The van der Waals surface area contributed by atoms with Crippen molar-refractivity contribution in [1.82, 2.24) is 9.97 Å². The van der Waals surface area contributed by atoms with E-state index >= 15 is 0 Å². The number of H-pyrrole nitrogens is 1. The van der Waals surface area contributed by atoms with Crippen molar-refractivity contribution in [3.05, 3.63) is 39.6 Å². The smallest absolute Gasteiger partial charge is 0.360 e. The minimum atomic E-state index is -1.44. The van der Waals surface area contributed by atoms with Crippen LogP contribution in [0.5, 0.6) is 0 Å². The van der Waals surface area contributed by atoms with E-state index in [1.165, 1.54) is 13.0 Å². The lowest BCUT2D eigenvalue weighted by Gasteiger charge is -2.01. The molecule has 0 atom stereocenters. The summed E-state index contributed by atoms with van der Waals surface area (Å²) >= 11 is 0. The van der Waals surface area contributed by atoms with Crippen LogP contribution < -0.4 is 5.56 Å². The van der Waals surface area contributed by atoms with Crippen molar-refractivity contribution in [3.63, 3.8) is 0 Å². The minimum absolute atomic E-state index is 0.111. The van der Waals surface area contributed by atoms with Crippen molar-refractivity contribution in [3.8, 4) is 0 Å². The van der Waals surface area contributed by atoms with Crippen molar-refractivity contribution in [2.24, 2.45) is 0 Å². The highest BCUT2D eigenvalue weighted by Crippen LogP contribution is 2.14. The van der Waals surface area contributed by atoms with Crippen LogP contribution >= 0.6 is 0 Å². The Labute approximate surface area is 88.6 Å². The third-order valence-corrected chi connectivity index (χ3v) is 2.18. The zero-order valence-electron chi connectivity index (χ0n) is 8.24.